The highest BCUT2D eigenvalue weighted by Crippen LogP contribution is 2.23. The molecule has 1 aromatic heterocycles. The fraction of sp³-hybridized carbons (Fsp3) is 0.500. The molecule has 2 heterocycles. The molecular weight excluding hydrogens is 366 g/mol. The van der Waals surface area contributed by atoms with Crippen LogP contribution in [0.4, 0.5) is 5.69 Å². The Bertz CT molecular complexity index is 874. The molecule has 0 aliphatic carbocycles. The first kappa shape index (κ1) is 21.0. The highest BCUT2D eigenvalue weighted by molar-refractivity contribution is 6.03. The van der Waals surface area contributed by atoms with Crippen molar-refractivity contribution < 1.29 is 9.59 Å². The Labute approximate surface area is 172 Å². The zero-order valence-electron chi connectivity index (χ0n) is 17.8. The van der Waals surface area contributed by atoms with E-state index in [1.165, 1.54) is 0 Å². The van der Waals surface area contributed by atoms with E-state index in [9.17, 15) is 9.59 Å². The normalized spacial score (nSPS) is 15.1. The lowest BCUT2D eigenvalue weighted by atomic mass is 9.92. The first-order valence-electron chi connectivity index (χ1n) is 10.2. The summed E-state index contributed by atoms with van der Waals surface area (Å²) in [5, 5.41) is 10.8. The second-order valence-corrected chi connectivity index (χ2v) is 8.56. The lowest BCUT2D eigenvalue weighted by Gasteiger charge is -2.21. The number of aromatic nitrogens is 2. The molecule has 2 amide bonds. The van der Waals surface area contributed by atoms with Crippen LogP contribution in [-0.2, 0) is 23.7 Å². The van der Waals surface area contributed by atoms with Crippen LogP contribution in [0, 0.1) is 0 Å². The Morgan fingerprint density at radius 1 is 1.17 bits per heavy atom. The molecule has 0 unspecified atom stereocenters. The molecule has 2 aromatic rings. The van der Waals surface area contributed by atoms with Crippen molar-refractivity contribution in [2.45, 2.75) is 39.0 Å². The standard InChI is InChI=1S/C22H31N5O2/c1-22(2,3)19-15-18(26(4)25-19)21(29)24-17-9-6-5-8-16(17)14-20(28)27-12-7-10-23-11-13-27/h5-6,8-9,15,23H,7,10-14H2,1-4H3,(H,24,29). The first-order chi connectivity index (χ1) is 13.8. The van der Waals surface area contributed by atoms with Crippen molar-refractivity contribution in [2.24, 2.45) is 7.05 Å². The third kappa shape index (κ3) is 5.23. The number of amides is 2. The number of aryl methyl sites for hydroxylation is 1. The summed E-state index contributed by atoms with van der Waals surface area (Å²) in [6.07, 6.45) is 1.23. The summed E-state index contributed by atoms with van der Waals surface area (Å²) >= 11 is 0. The van der Waals surface area contributed by atoms with Crippen LogP contribution in [0.3, 0.4) is 0 Å². The number of para-hydroxylation sites is 1. The second kappa shape index (κ2) is 8.78. The van der Waals surface area contributed by atoms with Crippen molar-refractivity contribution in [3.8, 4) is 0 Å². The monoisotopic (exact) mass is 397 g/mol. The number of hydrogen-bond acceptors (Lipinski definition) is 4. The molecule has 0 spiro atoms. The maximum absolute atomic E-state index is 12.9. The van der Waals surface area contributed by atoms with Gasteiger partial charge in [-0.3, -0.25) is 14.3 Å². The van der Waals surface area contributed by atoms with Crippen molar-refractivity contribution in [1.82, 2.24) is 20.0 Å². The summed E-state index contributed by atoms with van der Waals surface area (Å²) in [7, 11) is 1.77. The van der Waals surface area contributed by atoms with Gasteiger partial charge in [0.1, 0.15) is 5.69 Å². The predicted molar refractivity (Wildman–Crippen MR) is 114 cm³/mol. The van der Waals surface area contributed by atoms with Gasteiger partial charge in [-0.25, -0.2) is 0 Å². The summed E-state index contributed by atoms with van der Waals surface area (Å²) in [5.74, 6) is -0.139. The summed E-state index contributed by atoms with van der Waals surface area (Å²) < 4.78 is 1.61. The van der Waals surface area contributed by atoms with Gasteiger partial charge in [0.25, 0.3) is 5.91 Å². The molecule has 3 rings (SSSR count). The predicted octanol–water partition coefficient (Wildman–Crippen LogP) is 2.33. The Morgan fingerprint density at radius 3 is 2.66 bits per heavy atom. The molecule has 0 radical (unpaired) electrons. The zero-order chi connectivity index (χ0) is 21.0. The maximum Gasteiger partial charge on any atom is 0.273 e. The fourth-order valence-corrected chi connectivity index (χ4v) is 3.40. The third-order valence-electron chi connectivity index (χ3n) is 5.18. The molecule has 1 aliphatic rings. The van der Waals surface area contributed by atoms with Crippen LogP contribution >= 0.6 is 0 Å². The molecule has 1 aromatic carbocycles. The average Bonchev–Trinajstić information content (AvgIpc) is 2.88. The van der Waals surface area contributed by atoms with Gasteiger partial charge in [-0.15, -0.1) is 0 Å². The van der Waals surface area contributed by atoms with E-state index in [4.69, 9.17) is 0 Å². The number of carbonyl (C=O) groups is 2. The van der Waals surface area contributed by atoms with E-state index in [0.29, 0.717) is 11.4 Å². The molecule has 29 heavy (non-hydrogen) atoms. The number of nitrogens with one attached hydrogen (secondary N) is 2. The quantitative estimate of drug-likeness (QED) is 0.830. The minimum atomic E-state index is -0.227. The SMILES string of the molecule is Cn1nc(C(C)(C)C)cc1C(=O)Nc1ccccc1CC(=O)N1CCCNCC1. The van der Waals surface area contributed by atoms with Gasteiger partial charge in [-0.1, -0.05) is 39.0 Å². The number of hydrogen-bond donors (Lipinski definition) is 2. The summed E-state index contributed by atoms with van der Waals surface area (Å²) in [6, 6.07) is 9.32. The van der Waals surface area contributed by atoms with E-state index in [1.54, 1.807) is 11.7 Å². The highest BCUT2D eigenvalue weighted by Gasteiger charge is 2.23. The van der Waals surface area contributed by atoms with E-state index < -0.39 is 0 Å². The van der Waals surface area contributed by atoms with Gasteiger partial charge in [0.2, 0.25) is 5.91 Å². The van der Waals surface area contributed by atoms with Gasteiger partial charge >= 0.3 is 0 Å². The lowest BCUT2D eigenvalue weighted by Crippen LogP contribution is -2.35. The van der Waals surface area contributed by atoms with Gasteiger partial charge in [-0.2, -0.15) is 5.10 Å². The third-order valence-corrected chi connectivity index (χ3v) is 5.18. The smallest absolute Gasteiger partial charge is 0.273 e. The van der Waals surface area contributed by atoms with E-state index in [2.05, 4.69) is 36.5 Å². The van der Waals surface area contributed by atoms with Gasteiger partial charge < -0.3 is 15.5 Å². The molecule has 0 saturated carbocycles. The molecule has 0 atom stereocenters. The number of anilines is 1. The molecule has 7 heteroatoms. The number of benzene rings is 1. The van der Waals surface area contributed by atoms with Gasteiger partial charge in [0, 0.05) is 37.8 Å². The van der Waals surface area contributed by atoms with Crippen LogP contribution in [0.15, 0.2) is 30.3 Å². The second-order valence-electron chi connectivity index (χ2n) is 8.56. The van der Waals surface area contributed by atoms with E-state index in [1.807, 2.05) is 35.2 Å². The molecule has 1 aliphatic heterocycles. The number of nitrogens with zero attached hydrogens (tertiary/aromatic N) is 3. The molecular formula is C22H31N5O2. The van der Waals surface area contributed by atoms with Crippen molar-refractivity contribution in [2.75, 3.05) is 31.5 Å². The summed E-state index contributed by atoms with van der Waals surface area (Å²) in [4.78, 5) is 27.6. The summed E-state index contributed by atoms with van der Waals surface area (Å²) in [5.41, 5.74) is 2.71. The van der Waals surface area contributed by atoms with Crippen LogP contribution in [-0.4, -0.2) is 52.7 Å². The van der Waals surface area contributed by atoms with E-state index in [-0.39, 0.29) is 23.7 Å². The first-order valence-corrected chi connectivity index (χ1v) is 10.2. The van der Waals surface area contributed by atoms with Crippen molar-refractivity contribution in [1.29, 1.82) is 0 Å². The van der Waals surface area contributed by atoms with E-state index >= 15 is 0 Å². The van der Waals surface area contributed by atoms with Crippen molar-refractivity contribution >= 4 is 17.5 Å². The van der Waals surface area contributed by atoms with Crippen molar-refractivity contribution in [3.63, 3.8) is 0 Å². The molecule has 156 valence electrons. The minimum Gasteiger partial charge on any atom is -0.341 e. The minimum absolute atomic E-state index is 0.0888. The van der Waals surface area contributed by atoms with Crippen LogP contribution in [0.5, 0.6) is 0 Å². The number of carbonyl (C=O) groups excluding carboxylic acids is 2. The van der Waals surface area contributed by atoms with Gasteiger partial charge in [0.05, 0.1) is 12.1 Å². The zero-order valence-corrected chi connectivity index (χ0v) is 17.8. The molecule has 1 saturated heterocycles. The Balaban J connectivity index is 1.74. The highest BCUT2D eigenvalue weighted by atomic mass is 16.2. The lowest BCUT2D eigenvalue weighted by molar-refractivity contribution is -0.130. The topological polar surface area (TPSA) is 79.3 Å². The van der Waals surface area contributed by atoms with Crippen LogP contribution in [0.2, 0.25) is 0 Å². The van der Waals surface area contributed by atoms with E-state index in [0.717, 1.165) is 43.9 Å². The maximum atomic E-state index is 12.9. The molecule has 1 fully saturated rings. The average molecular weight is 398 g/mol. The largest absolute Gasteiger partial charge is 0.341 e. The van der Waals surface area contributed by atoms with Crippen LogP contribution in [0.1, 0.15) is 48.9 Å². The molecule has 2 N–H and O–H groups in total. The van der Waals surface area contributed by atoms with Crippen LogP contribution < -0.4 is 10.6 Å². The van der Waals surface area contributed by atoms with Crippen molar-refractivity contribution in [3.05, 3.63) is 47.3 Å². The fourth-order valence-electron chi connectivity index (χ4n) is 3.40. The number of rotatable bonds is 4. The molecule has 7 nitrogen and oxygen atoms in total. The Kier molecular flexibility index (Phi) is 6.37. The summed E-state index contributed by atoms with van der Waals surface area (Å²) in [6.45, 7) is 9.45. The van der Waals surface area contributed by atoms with Gasteiger partial charge in [-0.05, 0) is 30.7 Å². The van der Waals surface area contributed by atoms with Crippen LogP contribution in [0.25, 0.3) is 0 Å². The Hall–Kier alpha value is -2.67. The van der Waals surface area contributed by atoms with Gasteiger partial charge in [0.15, 0.2) is 0 Å². The Morgan fingerprint density at radius 2 is 1.93 bits per heavy atom. The molecule has 0 bridgehead atoms.